The lowest BCUT2D eigenvalue weighted by Crippen LogP contribution is -2.43. The molecule has 24 heavy (non-hydrogen) atoms. The summed E-state index contributed by atoms with van der Waals surface area (Å²) >= 11 is 0. The highest BCUT2D eigenvalue weighted by atomic mass is 16.2. The van der Waals surface area contributed by atoms with Gasteiger partial charge in [0.1, 0.15) is 0 Å². The average molecular weight is 322 g/mol. The van der Waals surface area contributed by atoms with Crippen LogP contribution in [0.15, 0.2) is 30.3 Å². The van der Waals surface area contributed by atoms with Gasteiger partial charge in [-0.1, -0.05) is 44.0 Å². The number of amides is 1. The van der Waals surface area contributed by atoms with Crippen molar-refractivity contribution in [3.8, 4) is 0 Å². The summed E-state index contributed by atoms with van der Waals surface area (Å²) < 4.78 is 0. The molecule has 2 atom stereocenters. The first-order chi connectivity index (χ1) is 11.7. The summed E-state index contributed by atoms with van der Waals surface area (Å²) in [6, 6.07) is 11.2. The van der Waals surface area contributed by atoms with Gasteiger partial charge >= 0.3 is 0 Å². The van der Waals surface area contributed by atoms with Crippen LogP contribution in [0.2, 0.25) is 0 Å². The van der Waals surface area contributed by atoms with Crippen molar-refractivity contribution in [1.82, 2.24) is 5.32 Å². The molecule has 0 bridgehead atoms. The molecule has 1 fully saturated rings. The Morgan fingerprint density at radius 2 is 1.88 bits per heavy atom. The van der Waals surface area contributed by atoms with E-state index in [4.69, 9.17) is 0 Å². The Kier molecular flexibility index (Phi) is 4.17. The molecule has 0 radical (unpaired) electrons. The summed E-state index contributed by atoms with van der Waals surface area (Å²) in [6.07, 6.45) is 7.15. The number of anilines is 1. The van der Waals surface area contributed by atoms with Gasteiger partial charge in [0.2, 0.25) is 5.91 Å². The Balaban J connectivity index is 1.45. The second-order valence-corrected chi connectivity index (χ2v) is 7.40. The maximum absolute atomic E-state index is 12.3. The van der Waals surface area contributed by atoms with Crippen LogP contribution in [0.3, 0.4) is 0 Å². The highest BCUT2D eigenvalue weighted by Gasteiger charge is 2.22. The zero-order chi connectivity index (χ0) is 16.5. The number of hydrogen-bond acceptors (Lipinski definition) is 2. The minimum Gasteiger partial charge on any atom is -0.376 e. The predicted octanol–water partition coefficient (Wildman–Crippen LogP) is 4.05. The molecule has 2 N–H and O–H groups in total. The first kappa shape index (κ1) is 15.5. The van der Waals surface area contributed by atoms with E-state index in [1.165, 1.54) is 41.2 Å². The van der Waals surface area contributed by atoms with Crippen LogP contribution in [0, 0.1) is 5.92 Å². The van der Waals surface area contributed by atoms with E-state index in [9.17, 15) is 4.79 Å². The molecular weight excluding hydrogens is 296 g/mol. The van der Waals surface area contributed by atoms with Crippen molar-refractivity contribution in [3.05, 3.63) is 41.5 Å². The quantitative estimate of drug-likeness (QED) is 0.892. The Morgan fingerprint density at radius 3 is 2.71 bits per heavy atom. The van der Waals surface area contributed by atoms with Crippen LogP contribution >= 0.6 is 0 Å². The third kappa shape index (κ3) is 2.88. The van der Waals surface area contributed by atoms with Gasteiger partial charge in [-0.3, -0.25) is 4.79 Å². The lowest BCUT2D eigenvalue weighted by atomic mass is 9.86. The summed E-state index contributed by atoms with van der Waals surface area (Å²) in [5.74, 6) is 0.705. The van der Waals surface area contributed by atoms with Gasteiger partial charge in [0.05, 0.1) is 6.54 Å². The summed E-state index contributed by atoms with van der Waals surface area (Å²) in [5, 5.41) is 9.23. The highest BCUT2D eigenvalue weighted by molar-refractivity contribution is 6.00. The molecule has 1 amide bonds. The number of carbonyl (C=O) groups is 1. The van der Waals surface area contributed by atoms with Crippen LogP contribution < -0.4 is 10.6 Å². The van der Waals surface area contributed by atoms with Crippen LogP contribution in [-0.4, -0.2) is 18.5 Å². The van der Waals surface area contributed by atoms with Crippen molar-refractivity contribution in [1.29, 1.82) is 0 Å². The largest absolute Gasteiger partial charge is 0.376 e. The fourth-order valence-corrected chi connectivity index (χ4v) is 4.36. The Morgan fingerprint density at radius 1 is 1.08 bits per heavy atom. The van der Waals surface area contributed by atoms with Gasteiger partial charge in [-0.2, -0.15) is 0 Å². The maximum Gasteiger partial charge on any atom is 0.239 e. The van der Waals surface area contributed by atoms with Crippen molar-refractivity contribution < 1.29 is 4.79 Å². The van der Waals surface area contributed by atoms with E-state index in [1.807, 2.05) is 0 Å². The molecule has 2 aliphatic carbocycles. The standard InChI is InChI=1S/C21H26N2O/c1-14-5-2-3-8-18(14)23-20(24)13-22-19-12-11-16-10-9-15-6-4-7-17(19)21(15)16/h4,6-7,11-12,14,18,22H,2-3,5,8-10,13H2,1H3,(H,23,24)/t14-,18+/m0/s1. The molecule has 4 rings (SSSR count). The van der Waals surface area contributed by atoms with Crippen molar-refractivity contribution in [2.75, 3.05) is 11.9 Å². The van der Waals surface area contributed by atoms with Gasteiger partial charge in [-0.05, 0) is 54.2 Å². The molecule has 2 aromatic rings. The average Bonchev–Trinajstić information content (AvgIpc) is 3.01. The summed E-state index contributed by atoms with van der Waals surface area (Å²) in [6.45, 7) is 2.60. The van der Waals surface area contributed by atoms with Gasteiger partial charge in [0.25, 0.3) is 0 Å². The van der Waals surface area contributed by atoms with Gasteiger partial charge in [0, 0.05) is 17.1 Å². The van der Waals surface area contributed by atoms with Crippen LogP contribution in [0.5, 0.6) is 0 Å². The van der Waals surface area contributed by atoms with Crippen molar-refractivity contribution >= 4 is 22.4 Å². The molecule has 1 saturated carbocycles. The second-order valence-electron chi connectivity index (χ2n) is 7.40. The first-order valence-corrected chi connectivity index (χ1v) is 9.29. The minimum absolute atomic E-state index is 0.108. The number of benzene rings is 2. The molecular formula is C21H26N2O. The smallest absolute Gasteiger partial charge is 0.239 e. The van der Waals surface area contributed by atoms with Crippen LogP contribution in [0.25, 0.3) is 10.8 Å². The number of hydrogen-bond donors (Lipinski definition) is 2. The number of aryl methyl sites for hydroxylation is 2. The molecule has 0 aliphatic heterocycles. The van der Waals surface area contributed by atoms with Crippen LogP contribution in [-0.2, 0) is 17.6 Å². The molecule has 0 saturated heterocycles. The molecule has 3 heteroatoms. The monoisotopic (exact) mass is 322 g/mol. The predicted molar refractivity (Wildman–Crippen MR) is 99.4 cm³/mol. The van der Waals surface area contributed by atoms with Gasteiger partial charge in [-0.15, -0.1) is 0 Å². The molecule has 2 aromatic carbocycles. The molecule has 0 spiro atoms. The molecule has 2 aliphatic rings. The highest BCUT2D eigenvalue weighted by Crippen LogP contribution is 2.34. The maximum atomic E-state index is 12.3. The molecule has 3 nitrogen and oxygen atoms in total. The summed E-state index contributed by atoms with van der Waals surface area (Å²) in [5.41, 5.74) is 3.95. The SMILES string of the molecule is C[C@H]1CCCC[C@H]1NC(=O)CNc1ccc2c3c(cccc13)CC2. The minimum atomic E-state index is 0.108. The zero-order valence-electron chi connectivity index (χ0n) is 14.4. The lowest BCUT2D eigenvalue weighted by Gasteiger charge is -2.29. The Hall–Kier alpha value is -2.03. The molecule has 0 aromatic heterocycles. The van der Waals surface area contributed by atoms with Crippen LogP contribution in [0.4, 0.5) is 5.69 Å². The van der Waals surface area contributed by atoms with E-state index in [-0.39, 0.29) is 5.91 Å². The van der Waals surface area contributed by atoms with Gasteiger partial charge in [0.15, 0.2) is 0 Å². The van der Waals surface area contributed by atoms with Crippen molar-refractivity contribution in [2.45, 2.75) is 51.5 Å². The fraction of sp³-hybridized carbons (Fsp3) is 0.476. The molecule has 0 unspecified atom stereocenters. The van der Waals surface area contributed by atoms with E-state index in [0.29, 0.717) is 18.5 Å². The summed E-state index contributed by atoms with van der Waals surface area (Å²) in [4.78, 5) is 12.3. The summed E-state index contributed by atoms with van der Waals surface area (Å²) in [7, 11) is 0. The zero-order valence-corrected chi connectivity index (χ0v) is 14.4. The van der Waals surface area contributed by atoms with E-state index < -0.39 is 0 Å². The Bertz CT molecular complexity index is 758. The lowest BCUT2D eigenvalue weighted by molar-refractivity contribution is -0.120. The molecule has 0 heterocycles. The number of nitrogens with one attached hydrogen (secondary N) is 2. The number of rotatable bonds is 4. The van der Waals surface area contributed by atoms with E-state index in [2.05, 4.69) is 47.9 Å². The normalized spacial score (nSPS) is 22.5. The Labute approximate surface area is 143 Å². The van der Waals surface area contributed by atoms with E-state index in [1.54, 1.807) is 0 Å². The van der Waals surface area contributed by atoms with Crippen molar-refractivity contribution in [3.63, 3.8) is 0 Å². The van der Waals surface area contributed by atoms with Crippen molar-refractivity contribution in [2.24, 2.45) is 5.92 Å². The topological polar surface area (TPSA) is 41.1 Å². The van der Waals surface area contributed by atoms with E-state index >= 15 is 0 Å². The van der Waals surface area contributed by atoms with E-state index in [0.717, 1.165) is 24.9 Å². The second kappa shape index (κ2) is 6.46. The van der Waals surface area contributed by atoms with Gasteiger partial charge < -0.3 is 10.6 Å². The fourth-order valence-electron chi connectivity index (χ4n) is 4.36. The first-order valence-electron chi connectivity index (χ1n) is 9.29. The van der Waals surface area contributed by atoms with Gasteiger partial charge in [-0.25, -0.2) is 0 Å². The van der Waals surface area contributed by atoms with Crippen LogP contribution in [0.1, 0.15) is 43.7 Å². The number of carbonyl (C=O) groups excluding carboxylic acids is 1. The molecule has 126 valence electrons. The third-order valence-corrected chi connectivity index (χ3v) is 5.77. The third-order valence-electron chi connectivity index (χ3n) is 5.77.